The Bertz CT molecular complexity index is 715. The third-order valence-corrected chi connectivity index (χ3v) is 4.34. The fourth-order valence-corrected chi connectivity index (χ4v) is 2.92. The van der Waals surface area contributed by atoms with Crippen LogP contribution in [0.5, 0.6) is 5.75 Å². The molecule has 0 unspecified atom stereocenters. The lowest BCUT2D eigenvalue weighted by molar-refractivity contribution is -0.122. The van der Waals surface area contributed by atoms with Crippen LogP contribution in [-0.4, -0.2) is 24.6 Å². The van der Waals surface area contributed by atoms with Gasteiger partial charge in [0.05, 0.1) is 5.69 Å². The van der Waals surface area contributed by atoms with Gasteiger partial charge in [0, 0.05) is 17.1 Å². The number of carbonyl (C=O) groups excluding carboxylic acids is 2. The summed E-state index contributed by atoms with van der Waals surface area (Å²) in [6.07, 6.45) is 0.290. The van der Waals surface area contributed by atoms with Crippen LogP contribution in [0.3, 0.4) is 0 Å². The largest absolute Gasteiger partial charge is 0.479 e. The number of urea groups is 1. The third-order valence-electron chi connectivity index (χ3n) is 3.41. The van der Waals surface area contributed by atoms with Crippen molar-refractivity contribution in [2.45, 2.75) is 19.4 Å². The van der Waals surface area contributed by atoms with Crippen LogP contribution in [0, 0.1) is 0 Å². The lowest BCUT2D eigenvalue weighted by Gasteiger charge is -2.23. The van der Waals surface area contributed by atoms with E-state index in [1.807, 2.05) is 17.5 Å². The van der Waals surface area contributed by atoms with E-state index in [2.05, 4.69) is 16.0 Å². The molecule has 0 saturated carbocycles. The third kappa shape index (κ3) is 3.81. The van der Waals surface area contributed by atoms with Crippen LogP contribution in [0.2, 0.25) is 0 Å². The molecule has 0 radical (unpaired) electrons. The molecule has 3 N–H and O–H groups in total. The number of thiophene rings is 1. The molecule has 0 bridgehead atoms. The maximum atomic E-state index is 11.9. The van der Waals surface area contributed by atoms with Crippen molar-refractivity contribution in [2.75, 3.05) is 17.2 Å². The van der Waals surface area contributed by atoms with Gasteiger partial charge in [-0.25, -0.2) is 4.79 Å². The van der Waals surface area contributed by atoms with Crippen LogP contribution in [0.15, 0.2) is 35.7 Å². The SMILES string of the molecule is C[C@H]1Oc2ccc(NC(=O)NCCc3cccs3)cc2NC1=O. The Balaban J connectivity index is 1.54. The molecule has 3 amide bonds. The molecule has 1 atom stereocenters. The lowest BCUT2D eigenvalue weighted by atomic mass is 10.2. The van der Waals surface area contributed by atoms with Crippen LogP contribution in [0.4, 0.5) is 16.2 Å². The van der Waals surface area contributed by atoms with E-state index in [9.17, 15) is 9.59 Å². The van der Waals surface area contributed by atoms with Crippen molar-refractivity contribution in [1.82, 2.24) is 5.32 Å². The molecule has 0 aliphatic carbocycles. The van der Waals surface area contributed by atoms with E-state index in [0.29, 0.717) is 23.7 Å². The lowest BCUT2D eigenvalue weighted by Crippen LogP contribution is -2.34. The van der Waals surface area contributed by atoms with E-state index >= 15 is 0 Å². The molecular weight excluding hydrogens is 314 g/mol. The number of nitrogens with one attached hydrogen (secondary N) is 3. The average molecular weight is 331 g/mol. The summed E-state index contributed by atoms with van der Waals surface area (Å²) in [5, 5.41) is 10.3. The minimum atomic E-state index is -0.512. The highest BCUT2D eigenvalue weighted by atomic mass is 32.1. The standard InChI is InChI=1S/C16H17N3O3S/c1-10-15(20)19-13-9-11(4-5-14(13)22-10)18-16(21)17-7-6-12-3-2-8-23-12/h2-5,8-10H,6-7H2,1H3,(H,19,20)(H2,17,18,21)/t10-/m1/s1. The molecule has 6 nitrogen and oxygen atoms in total. The topological polar surface area (TPSA) is 79.5 Å². The highest BCUT2D eigenvalue weighted by Crippen LogP contribution is 2.32. The minimum absolute atomic E-state index is 0.199. The minimum Gasteiger partial charge on any atom is -0.479 e. The van der Waals surface area contributed by atoms with Crippen molar-refractivity contribution in [3.63, 3.8) is 0 Å². The average Bonchev–Trinajstić information content (AvgIpc) is 3.02. The molecule has 0 spiro atoms. The number of ether oxygens (including phenoxy) is 1. The Hall–Kier alpha value is -2.54. The number of anilines is 2. The number of carbonyl (C=O) groups is 2. The van der Waals surface area contributed by atoms with Crippen LogP contribution < -0.4 is 20.7 Å². The number of hydrogen-bond acceptors (Lipinski definition) is 4. The molecule has 1 aliphatic rings. The fraction of sp³-hybridized carbons (Fsp3) is 0.250. The number of rotatable bonds is 4. The fourth-order valence-electron chi connectivity index (χ4n) is 2.22. The van der Waals surface area contributed by atoms with Gasteiger partial charge < -0.3 is 20.7 Å². The number of hydrogen-bond donors (Lipinski definition) is 3. The van der Waals surface area contributed by atoms with Gasteiger partial charge in [0.1, 0.15) is 5.75 Å². The summed E-state index contributed by atoms with van der Waals surface area (Å²) < 4.78 is 5.47. The van der Waals surface area contributed by atoms with Gasteiger partial charge in [-0.1, -0.05) is 6.07 Å². The van der Waals surface area contributed by atoms with Crippen molar-refractivity contribution in [3.05, 3.63) is 40.6 Å². The summed E-state index contributed by atoms with van der Waals surface area (Å²) >= 11 is 1.67. The van der Waals surface area contributed by atoms with Crippen LogP contribution in [-0.2, 0) is 11.2 Å². The molecule has 0 fully saturated rings. The molecule has 1 aromatic heterocycles. The van der Waals surface area contributed by atoms with E-state index in [-0.39, 0.29) is 11.9 Å². The molecule has 1 aliphatic heterocycles. The smallest absolute Gasteiger partial charge is 0.319 e. The van der Waals surface area contributed by atoms with Crippen LogP contribution in [0.1, 0.15) is 11.8 Å². The van der Waals surface area contributed by atoms with Gasteiger partial charge >= 0.3 is 6.03 Å². The Labute approximate surface area is 137 Å². The first-order valence-corrected chi connectivity index (χ1v) is 8.18. The van der Waals surface area contributed by atoms with E-state index in [1.165, 1.54) is 4.88 Å². The first-order valence-electron chi connectivity index (χ1n) is 7.30. The zero-order chi connectivity index (χ0) is 16.2. The van der Waals surface area contributed by atoms with Gasteiger partial charge in [0.25, 0.3) is 5.91 Å². The number of benzene rings is 1. The summed E-state index contributed by atoms with van der Waals surface area (Å²) in [6, 6.07) is 8.90. The van der Waals surface area contributed by atoms with Crippen molar-refractivity contribution in [3.8, 4) is 5.75 Å². The quantitative estimate of drug-likeness (QED) is 0.806. The second kappa shape index (κ2) is 6.70. The molecule has 2 aromatic rings. The van der Waals surface area contributed by atoms with Crippen molar-refractivity contribution >= 4 is 34.6 Å². The number of fused-ring (bicyclic) bond motifs is 1. The van der Waals surface area contributed by atoms with Gasteiger partial charge in [-0.05, 0) is 43.0 Å². The molecule has 3 rings (SSSR count). The molecule has 2 heterocycles. The highest BCUT2D eigenvalue weighted by molar-refractivity contribution is 7.09. The van der Waals surface area contributed by atoms with E-state index in [4.69, 9.17) is 4.74 Å². The maximum absolute atomic E-state index is 11.9. The summed E-state index contributed by atoms with van der Waals surface area (Å²) in [7, 11) is 0. The zero-order valence-corrected chi connectivity index (χ0v) is 13.4. The Morgan fingerprint density at radius 2 is 2.26 bits per heavy atom. The van der Waals surface area contributed by atoms with Crippen molar-refractivity contribution in [1.29, 1.82) is 0 Å². The van der Waals surface area contributed by atoms with Gasteiger partial charge in [-0.2, -0.15) is 0 Å². The molecule has 120 valence electrons. The molecule has 7 heteroatoms. The second-order valence-corrected chi connectivity index (χ2v) is 6.20. The summed E-state index contributed by atoms with van der Waals surface area (Å²) in [5.41, 5.74) is 1.15. The Morgan fingerprint density at radius 1 is 1.39 bits per heavy atom. The monoisotopic (exact) mass is 331 g/mol. The van der Waals surface area contributed by atoms with Crippen LogP contribution >= 0.6 is 11.3 Å². The maximum Gasteiger partial charge on any atom is 0.319 e. The molecular formula is C16H17N3O3S. The predicted molar refractivity (Wildman–Crippen MR) is 90.2 cm³/mol. The first-order chi connectivity index (χ1) is 11.1. The van der Waals surface area contributed by atoms with E-state index in [0.717, 1.165) is 6.42 Å². The van der Waals surface area contributed by atoms with Crippen molar-refractivity contribution in [2.24, 2.45) is 0 Å². The van der Waals surface area contributed by atoms with Gasteiger partial charge in [0.2, 0.25) is 0 Å². The second-order valence-electron chi connectivity index (χ2n) is 5.17. The Morgan fingerprint density at radius 3 is 3.04 bits per heavy atom. The normalized spacial score (nSPS) is 16.0. The van der Waals surface area contributed by atoms with E-state index in [1.54, 1.807) is 36.5 Å². The van der Waals surface area contributed by atoms with Crippen molar-refractivity contribution < 1.29 is 14.3 Å². The highest BCUT2D eigenvalue weighted by Gasteiger charge is 2.23. The molecule has 1 aromatic carbocycles. The Kier molecular flexibility index (Phi) is 4.47. The van der Waals surface area contributed by atoms with Gasteiger partial charge in [-0.15, -0.1) is 11.3 Å². The summed E-state index contributed by atoms with van der Waals surface area (Å²) in [5.74, 6) is 0.399. The van der Waals surface area contributed by atoms with E-state index < -0.39 is 6.10 Å². The van der Waals surface area contributed by atoms with Crippen LogP contribution in [0.25, 0.3) is 0 Å². The van der Waals surface area contributed by atoms with Gasteiger partial charge in [0.15, 0.2) is 6.10 Å². The predicted octanol–water partition coefficient (Wildman–Crippen LogP) is 2.83. The zero-order valence-electron chi connectivity index (χ0n) is 12.6. The van der Waals surface area contributed by atoms with Gasteiger partial charge in [-0.3, -0.25) is 4.79 Å². The first kappa shape index (κ1) is 15.4. The number of amides is 3. The molecule has 0 saturated heterocycles. The summed E-state index contributed by atoms with van der Waals surface area (Å²) in [6.45, 7) is 2.25. The molecule has 23 heavy (non-hydrogen) atoms. The summed E-state index contributed by atoms with van der Waals surface area (Å²) in [4.78, 5) is 24.7.